The SMILES string of the molecule is CCN(Cc1cc(Br)c(OC)cn1)C(=O)N[C@@H](CCC(F)(F)F)C(F)(F)F. The largest absolute Gasteiger partial charge is 0.494 e. The Morgan fingerprint density at radius 1 is 1.33 bits per heavy atom. The average molecular weight is 466 g/mol. The van der Waals surface area contributed by atoms with Crippen LogP contribution < -0.4 is 10.1 Å². The number of nitrogens with one attached hydrogen (secondary N) is 1. The molecule has 0 spiro atoms. The van der Waals surface area contributed by atoms with E-state index >= 15 is 0 Å². The fourth-order valence-electron chi connectivity index (χ4n) is 2.08. The Hall–Kier alpha value is -1.72. The summed E-state index contributed by atoms with van der Waals surface area (Å²) >= 11 is 3.22. The summed E-state index contributed by atoms with van der Waals surface area (Å²) in [4.78, 5) is 17.2. The van der Waals surface area contributed by atoms with Gasteiger partial charge in [0.05, 0.1) is 30.0 Å². The predicted octanol–water partition coefficient (Wildman–Crippen LogP) is 4.66. The van der Waals surface area contributed by atoms with E-state index < -0.39 is 37.3 Å². The summed E-state index contributed by atoms with van der Waals surface area (Å²) in [6.07, 6.45) is -11.3. The molecule has 5 nitrogen and oxygen atoms in total. The molecular formula is C15H18BrF6N3O2. The number of carbonyl (C=O) groups excluding carboxylic acids is 1. The quantitative estimate of drug-likeness (QED) is 0.596. The van der Waals surface area contributed by atoms with E-state index in [0.717, 1.165) is 4.90 Å². The van der Waals surface area contributed by atoms with Gasteiger partial charge in [0.1, 0.15) is 6.04 Å². The molecule has 27 heavy (non-hydrogen) atoms. The van der Waals surface area contributed by atoms with Crippen LogP contribution in [0.25, 0.3) is 0 Å². The summed E-state index contributed by atoms with van der Waals surface area (Å²) in [5.74, 6) is 0.426. The molecule has 0 aliphatic rings. The molecule has 1 N–H and O–H groups in total. The van der Waals surface area contributed by atoms with Gasteiger partial charge in [0.15, 0.2) is 5.75 Å². The van der Waals surface area contributed by atoms with Crippen LogP contribution in [0.2, 0.25) is 0 Å². The van der Waals surface area contributed by atoms with Crippen molar-refractivity contribution in [1.82, 2.24) is 15.2 Å². The van der Waals surface area contributed by atoms with Crippen molar-refractivity contribution < 1.29 is 35.9 Å². The number of rotatable bonds is 7. The maximum Gasteiger partial charge on any atom is 0.408 e. The standard InChI is InChI=1S/C15H18BrF6N3O2/c1-3-25(8-9-6-10(16)11(27-2)7-23-9)13(26)24-12(15(20,21)22)4-5-14(17,18)19/h6-7,12H,3-5,8H2,1-2H3,(H,24,26)/t12-/m0/s1. The first kappa shape index (κ1) is 23.3. The molecule has 1 aromatic heterocycles. The van der Waals surface area contributed by atoms with Gasteiger partial charge in [-0.25, -0.2) is 4.79 Å². The normalized spacial score (nSPS) is 13.2. The number of ether oxygens (including phenoxy) is 1. The molecule has 12 heteroatoms. The maximum absolute atomic E-state index is 13.0. The lowest BCUT2D eigenvalue weighted by atomic mass is 10.1. The van der Waals surface area contributed by atoms with Crippen molar-refractivity contribution in [3.63, 3.8) is 0 Å². The van der Waals surface area contributed by atoms with Crippen molar-refractivity contribution in [1.29, 1.82) is 0 Å². The van der Waals surface area contributed by atoms with Gasteiger partial charge >= 0.3 is 18.4 Å². The Kier molecular flexibility index (Phi) is 8.18. The Labute approximate surface area is 160 Å². The Balaban J connectivity index is 2.83. The Morgan fingerprint density at radius 3 is 2.41 bits per heavy atom. The van der Waals surface area contributed by atoms with Crippen LogP contribution in [0.5, 0.6) is 5.75 Å². The molecule has 0 bridgehead atoms. The number of halogens is 7. The lowest BCUT2D eigenvalue weighted by molar-refractivity contribution is -0.171. The molecule has 1 atom stereocenters. The molecular weight excluding hydrogens is 448 g/mol. The molecule has 0 aliphatic heterocycles. The Morgan fingerprint density at radius 2 is 1.96 bits per heavy atom. The number of pyridine rings is 1. The molecule has 0 aliphatic carbocycles. The minimum Gasteiger partial charge on any atom is -0.494 e. The minimum absolute atomic E-state index is 0.0288. The van der Waals surface area contributed by atoms with Crippen molar-refractivity contribution in [2.24, 2.45) is 0 Å². The smallest absolute Gasteiger partial charge is 0.408 e. The maximum atomic E-state index is 13.0. The summed E-state index contributed by atoms with van der Waals surface area (Å²) in [6.45, 7) is 1.42. The number of aromatic nitrogens is 1. The van der Waals surface area contributed by atoms with Crippen molar-refractivity contribution in [2.45, 2.75) is 44.7 Å². The second-order valence-electron chi connectivity index (χ2n) is 5.52. The van der Waals surface area contributed by atoms with Gasteiger partial charge in [-0.1, -0.05) is 0 Å². The fraction of sp³-hybridized carbons (Fsp3) is 0.600. The van der Waals surface area contributed by atoms with E-state index in [1.807, 2.05) is 0 Å². The van der Waals surface area contributed by atoms with Crippen LogP contribution in [-0.4, -0.2) is 48.0 Å². The zero-order valence-electron chi connectivity index (χ0n) is 14.4. The van der Waals surface area contributed by atoms with E-state index in [4.69, 9.17) is 4.74 Å². The van der Waals surface area contributed by atoms with Gasteiger partial charge in [-0.15, -0.1) is 0 Å². The first-order valence-electron chi connectivity index (χ1n) is 7.74. The minimum atomic E-state index is -5.00. The number of nitrogens with zero attached hydrogens (tertiary/aromatic N) is 2. The van der Waals surface area contributed by atoms with E-state index in [-0.39, 0.29) is 13.1 Å². The zero-order chi connectivity index (χ0) is 20.8. The van der Waals surface area contributed by atoms with Crippen molar-refractivity contribution in [3.8, 4) is 5.75 Å². The second kappa shape index (κ2) is 9.47. The van der Waals surface area contributed by atoms with E-state index in [1.54, 1.807) is 5.32 Å². The summed E-state index contributed by atoms with van der Waals surface area (Å²) < 4.78 is 81.1. The zero-order valence-corrected chi connectivity index (χ0v) is 16.0. The fourth-order valence-corrected chi connectivity index (χ4v) is 2.61. The summed E-state index contributed by atoms with van der Waals surface area (Å²) in [7, 11) is 1.42. The van der Waals surface area contributed by atoms with Crippen LogP contribution in [0, 0.1) is 0 Å². The average Bonchev–Trinajstić information content (AvgIpc) is 2.54. The molecule has 0 saturated heterocycles. The molecule has 154 valence electrons. The van der Waals surface area contributed by atoms with Gasteiger partial charge in [0.25, 0.3) is 0 Å². The molecule has 0 radical (unpaired) electrons. The van der Waals surface area contributed by atoms with E-state index in [0.29, 0.717) is 15.9 Å². The number of hydrogen-bond acceptors (Lipinski definition) is 3. The van der Waals surface area contributed by atoms with Gasteiger partial charge < -0.3 is 15.0 Å². The number of methoxy groups -OCH3 is 1. The lowest BCUT2D eigenvalue weighted by Gasteiger charge is -2.27. The summed E-state index contributed by atoms with van der Waals surface area (Å²) in [6, 6.07) is -2.20. The molecule has 1 heterocycles. The first-order chi connectivity index (χ1) is 12.4. The van der Waals surface area contributed by atoms with Gasteiger partial charge in [0.2, 0.25) is 0 Å². The molecule has 0 unspecified atom stereocenters. The lowest BCUT2D eigenvalue weighted by Crippen LogP contribution is -2.50. The van der Waals surface area contributed by atoms with Crippen molar-refractivity contribution >= 4 is 22.0 Å². The van der Waals surface area contributed by atoms with Crippen LogP contribution in [0.15, 0.2) is 16.7 Å². The molecule has 1 rings (SSSR count). The third kappa shape index (κ3) is 7.81. The number of carbonyl (C=O) groups is 1. The number of alkyl halides is 6. The highest BCUT2D eigenvalue weighted by molar-refractivity contribution is 9.10. The van der Waals surface area contributed by atoms with Gasteiger partial charge in [0, 0.05) is 13.0 Å². The first-order valence-corrected chi connectivity index (χ1v) is 8.54. The van der Waals surface area contributed by atoms with E-state index in [2.05, 4.69) is 20.9 Å². The van der Waals surface area contributed by atoms with E-state index in [9.17, 15) is 31.1 Å². The van der Waals surface area contributed by atoms with E-state index in [1.165, 1.54) is 26.3 Å². The van der Waals surface area contributed by atoms with Gasteiger partial charge in [-0.3, -0.25) is 4.98 Å². The van der Waals surface area contributed by atoms with Gasteiger partial charge in [-0.05, 0) is 35.3 Å². The third-order valence-electron chi connectivity index (χ3n) is 3.53. The van der Waals surface area contributed by atoms with Crippen LogP contribution in [0.1, 0.15) is 25.5 Å². The van der Waals surface area contributed by atoms with Crippen LogP contribution in [0.4, 0.5) is 31.1 Å². The molecule has 0 saturated carbocycles. The molecule has 0 fully saturated rings. The summed E-state index contributed by atoms with van der Waals surface area (Å²) in [5, 5.41) is 1.64. The molecule has 1 aromatic rings. The van der Waals surface area contributed by atoms with Crippen molar-refractivity contribution in [3.05, 3.63) is 22.4 Å². The highest BCUT2D eigenvalue weighted by Crippen LogP contribution is 2.29. The number of hydrogen-bond donors (Lipinski definition) is 1. The highest BCUT2D eigenvalue weighted by Gasteiger charge is 2.43. The Bertz CT molecular complexity index is 639. The van der Waals surface area contributed by atoms with Crippen molar-refractivity contribution in [2.75, 3.05) is 13.7 Å². The topological polar surface area (TPSA) is 54.5 Å². The van der Waals surface area contributed by atoms with Gasteiger partial charge in [-0.2, -0.15) is 26.3 Å². The molecule has 2 amide bonds. The summed E-state index contributed by atoms with van der Waals surface area (Å²) in [5.41, 5.74) is 0.360. The molecule has 0 aromatic carbocycles. The monoisotopic (exact) mass is 465 g/mol. The predicted molar refractivity (Wildman–Crippen MR) is 88.2 cm³/mol. The highest BCUT2D eigenvalue weighted by atomic mass is 79.9. The second-order valence-corrected chi connectivity index (χ2v) is 6.38. The van der Waals surface area contributed by atoms with Crippen LogP contribution >= 0.6 is 15.9 Å². The van der Waals surface area contributed by atoms with Crippen LogP contribution in [-0.2, 0) is 6.54 Å². The van der Waals surface area contributed by atoms with Crippen LogP contribution in [0.3, 0.4) is 0 Å². The third-order valence-corrected chi connectivity index (χ3v) is 4.15. The number of amides is 2. The number of urea groups is 1.